The van der Waals surface area contributed by atoms with Crippen LogP contribution in [0.5, 0.6) is 0 Å². The average Bonchev–Trinajstić information content (AvgIpc) is 2.96. The summed E-state index contributed by atoms with van der Waals surface area (Å²) in [6.45, 7) is 4.50. The predicted octanol–water partition coefficient (Wildman–Crippen LogP) is 10.4. The molecule has 204 valence electrons. The summed E-state index contributed by atoms with van der Waals surface area (Å²) in [6, 6.07) is 21.9. The second-order valence-corrected chi connectivity index (χ2v) is 10.6. The minimum absolute atomic E-state index is 0.331. The van der Waals surface area contributed by atoms with Gasteiger partial charge in [-0.25, -0.2) is 4.39 Å². The van der Waals surface area contributed by atoms with E-state index in [1.165, 1.54) is 94.2 Å². The molecule has 0 spiro atoms. The Balaban J connectivity index is 1.47. The van der Waals surface area contributed by atoms with Gasteiger partial charge in [0.1, 0.15) is 5.82 Å². The fourth-order valence-corrected chi connectivity index (χ4v) is 4.71. The molecule has 1 heteroatoms. The minimum atomic E-state index is -0.331. The van der Waals surface area contributed by atoms with E-state index in [0.29, 0.717) is 11.1 Å². The van der Waals surface area contributed by atoms with Gasteiger partial charge in [0, 0.05) is 16.7 Å². The van der Waals surface area contributed by atoms with E-state index in [9.17, 15) is 4.39 Å². The highest BCUT2D eigenvalue weighted by atomic mass is 19.1. The Morgan fingerprint density at radius 1 is 0.462 bits per heavy atom. The van der Waals surface area contributed by atoms with E-state index >= 15 is 0 Å². The van der Waals surface area contributed by atoms with Gasteiger partial charge in [0.05, 0.1) is 5.56 Å². The highest BCUT2D eigenvalue weighted by Gasteiger charge is 2.01. The average molecular weight is 521 g/mol. The SMILES string of the molecule is CCCCCCCCCc1ccc(C#Cc2ccc(C#Cc3ccc(CCCCCCC)cc3)c(F)c2)cc1. The maximum Gasteiger partial charge on any atom is 0.140 e. The van der Waals surface area contributed by atoms with Crippen molar-refractivity contribution in [2.45, 2.75) is 104 Å². The molecule has 0 atom stereocenters. The molecule has 0 saturated heterocycles. The number of hydrogen-bond acceptors (Lipinski definition) is 0. The van der Waals surface area contributed by atoms with Gasteiger partial charge in [-0.1, -0.05) is 126 Å². The van der Waals surface area contributed by atoms with E-state index in [2.05, 4.69) is 73.9 Å². The summed E-state index contributed by atoms with van der Waals surface area (Å²) in [5, 5.41) is 0. The second kappa shape index (κ2) is 18.1. The molecule has 0 N–H and O–H groups in total. The van der Waals surface area contributed by atoms with E-state index in [0.717, 1.165) is 24.0 Å². The van der Waals surface area contributed by atoms with E-state index < -0.39 is 0 Å². The second-order valence-electron chi connectivity index (χ2n) is 10.6. The third-order valence-electron chi connectivity index (χ3n) is 7.21. The van der Waals surface area contributed by atoms with Crippen molar-refractivity contribution in [3.8, 4) is 23.7 Å². The van der Waals surface area contributed by atoms with Crippen molar-refractivity contribution in [3.63, 3.8) is 0 Å². The molecule has 3 aromatic rings. The Morgan fingerprint density at radius 3 is 1.36 bits per heavy atom. The van der Waals surface area contributed by atoms with Crippen molar-refractivity contribution < 1.29 is 4.39 Å². The Hall–Kier alpha value is -3.29. The van der Waals surface area contributed by atoms with Crippen LogP contribution in [-0.2, 0) is 12.8 Å². The highest BCUT2D eigenvalue weighted by molar-refractivity contribution is 5.49. The fraction of sp³-hybridized carbons (Fsp3) is 0.421. The smallest absolute Gasteiger partial charge is 0.140 e. The maximum atomic E-state index is 14.7. The maximum absolute atomic E-state index is 14.7. The quantitative estimate of drug-likeness (QED) is 0.146. The highest BCUT2D eigenvalue weighted by Crippen LogP contribution is 2.14. The van der Waals surface area contributed by atoms with Gasteiger partial charge in [-0.3, -0.25) is 0 Å². The van der Waals surface area contributed by atoms with Crippen LogP contribution < -0.4 is 0 Å². The number of aryl methyl sites for hydroxylation is 2. The lowest BCUT2D eigenvalue weighted by Gasteiger charge is -2.02. The zero-order valence-corrected chi connectivity index (χ0v) is 24.1. The van der Waals surface area contributed by atoms with Gasteiger partial charge in [-0.05, 0) is 79.3 Å². The number of unbranched alkanes of at least 4 members (excludes halogenated alkanes) is 10. The van der Waals surface area contributed by atoms with E-state index in [1.807, 2.05) is 18.2 Å². The Bertz CT molecular complexity index is 1230. The van der Waals surface area contributed by atoms with Crippen LogP contribution in [0.4, 0.5) is 4.39 Å². The molecule has 39 heavy (non-hydrogen) atoms. The zero-order chi connectivity index (χ0) is 27.5. The summed E-state index contributed by atoms with van der Waals surface area (Å²) in [4.78, 5) is 0. The molecule has 0 aromatic heterocycles. The Kier molecular flexibility index (Phi) is 14.0. The number of rotatable bonds is 14. The van der Waals surface area contributed by atoms with Crippen molar-refractivity contribution >= 4 is 0 Å². The van der Waals surface area contributed by atoms with Crippen molar-refractivity contribution in [2.75, 3.05) is 0 Å². The topological polar surface area (TPSA) is 0 Å². The van der Waals surface area contributed by atoms with E-state index in [4.69, 9.17) is 0 Å². The summed E-state index contributed by atoms with van der Waals surface area (Å²) < 4.78 is 14.7. The first-order chi connectivity index (χ1) is 19.2. The third-order valence-corrected chi connectivity index (χ3v) is 7.21. The molecule has 0 saturated carbocycles. The van der Waals surface area contributed by atoms with Crippen LogP contribution in [0.1, 0.15) is 124 Å². The van der Waals surface area contributed by atoms with Crippen molar-refractivity contribution in [1.29, 1.82) is 0 Å². The van der Waals surface area contributed by atoms with Crippen LogP contribution in [0.3, 0.4) is 0 Å². The lowest BCUT2D eigenvalue weighted by atomic mass is 10.0. The molecule has 0 radical (unpaired) electrons. The predicted molar refractivity (Wildman–Crippen MR) is 165 cm³/mol. The van der Waals surface area contributed by atoms with Gasteiger partial charge >= 0.3 is 0 Å². The number of benzene rings is 3. The summed E-state index contributed by atoms with van der Waals surface area (Å²) in [7, 11) is 0. The van der Waals surface area contributed by atoms with Gasteiger partial charge in [-0.2, -0.15) is 0 Å². The van der Waals surface area contributed by atoms with Crippen LogP contribution in [0.15, 0.2) is 66.7 Å². The monoisotopic (exact) mass is 520 g/mol. The molecule has 0 aliphatic carbocycles. The Labute approximate surface area is 237 Å². The van der Waals surface area contributed by atoms with Crippen LogP contribution in [0.2, 0.25) is 0 Å². The molecular formula is C38H45F. The molecular weight excluding hydrogens is 475 g/mol. The summed E-state index contributed by atoms with van der Waals surface area (Å²) >= 11 is 0. The lowest BCUT2D eigenvalue weighted by Crippen LogP contribution is -1.88. The first kappa shape index (κ1) is 30.3. The van der Waals surface area contributed by atoms with Crippen LogP contribution in [0.25, 0.3) is 0 Å². The van der Waals surface area contributed by atoms with Crippen LogP contribution in [0, 0.1) is 29.5 Å². The molecule has 3 rings (SSSR count). The zero-order valence-electron chi connectivity index (χ0n) is 24.1. The summed E-state index contributed by atoms with van der Waals surface area (Å²) in [5.41, 5.74) is 5.62. The first-order valence-corrected chi connectivity index (χ1v) is 15.2. The number of halogens is 1. The summed E-state index contributed by atoms with van der Waals surface area (Å²) in [6.07, 6.45) is 18.0. The molecule has 0 bridgehead atoms. The minimum Gasteiger partial charge on any atom is -0.206 e. The number of hydrogen-bond donors (Lipinski definition) is 0. The molecule has 0 heterocycles. The molecule has 0 nitrogen and oxygen atoms in total. The third kappa shape index (κ3) is 12.0. The van der Waals surface area contributed by atoms with Crippen LogP contribution >= 0.6 is 0 Å². The van der Waals surface area contributed by atoms with Gasteiger partial charge in [0.2, 0.25) is 0 Å². The molecule has 3 aromatic carbocycles. The van der Waals surface area contributed by atoms with Crippen LogP contribution in [-0.4, -0.2) is 0 Å². The van der Waals surface area contributed by atoms with E-state index in [-0.39, 0.29) is 5.82 Å². The van der Waals surface area contributed by atoms with Crippen molar-refractivity contribution in [2.24, 2.45) is 0 Å². The van der Waals surface area contributed by atoms with Gasteiger partial charge in [0.15, 0.2) is 0 Å². The molecule has 0 aliphatic heterocycles. The molecule has 0 amide bonds. The van der Waals surface area contributed by atoms with Gasteiger partial charge in [0.25, 0.3) is 0 Å². The van der Waals surface area contributed by atoms with E-state index in [1.54, 1.807) is 6.07 Å². The normalized spacial score (nSPS) is 10.4. The summed E-state index contributed by atoms with van der Waals surface area (Å²) in [5.74, 6) is 12.0. The van der Waals surface area contributed by atoms with Gasteiger partial charge < -0.3 is 0 Å². The lowest BCUT2D eigenvalue weighted by molar-refractivity contribution is 0.589. The molecule has 0 fully saturated rings. The van der Waals surface area contributed by atoms with Crippen molar-refractivity contribution in [1.82, 2.24) is 0 Å². The largest absolute Gasteiger partial charge is 0.206 e. The fourth-order valence-electron chi connectivity index (χ4n) is 4.71. The Morgan fingerprint density at radius 2 is 0.872 bits per heavy atom. The van der Waals surface area contributed by atoms with Gasteiger partial charge in [-0.15, -0.1) is 0 Å². The molecule has 0 unspecified atom stereocenters. The molecule has 0 aliphatic rings. The van der Waals surface area contributed by atoms with Crippen molar-refractivity contribution in [3.05, 3.63) is 106 Å². The first-order valence-electron chi connectivity index (χ1n) is 15.2. The standard InChI is InChI=1S/C38H45F/c1-3-5-7-9-10-12-14-16-33-17-21-34(22-18-33)25-26-36-28-30-37(38(39)31-36)29-27-35-23-19-32(20-24-35)15-13-11-8-6-4-2/h17-24,28,30-31H,3-16H2,1-2H3.